The molecule has 2 N–H and O–H groups in total. The van der Waals surface area contributed by atoms with Crippen molar-refractivity contribution in [1.29, 1.82) is 0 Å². The summed E-state index contributed by atoms with van der Waals surface area (Å²) in [5.74, 6) is -1.61. The molecule has 0 aromatic heterocycles. The molecule has 18 heavy (non-hydrogen) atoms. The van der Waals surface area contributed by atoms with E-state index in [-0.39, 0.29) is 17.8 Å². The first-order valence-corrected chi connectivity index (χ1v) is 5.52. The Morgan fingerprint density at radius 3 is 2.00 bits per heavy atom. The summed E-state index contributed by atoms with van der Waals surface area (Å²) in [5, 5.41) is 0. The van der Waals surface area contributed by atoms with E-state index in [1.807, 2.05) is 0 Å². The highest BCUT2D eigenvalue weighted by atomic mass is 19.1. The second-order valence-electron chi connectivity index (χ2n) is 4.06. The van der Waals surface area contributed by atoms with Gasteiger partial charge in [0.05, 0.1) is 0 Å². The maximum absolute atomic E-state index is 13.4. The Bertz CT molecular complexity index is 517. The molecule has 0 saturated carbocycles. The van der Waals surface area contributed by atoms with Crippen LogP contribution >= 0.6 is 0 Å². The number of halogens is 3. The van der Waals surface area contributed by atoms with Crippen LogP contribution in [0.2, 0.25) is 0 Å². The summed E-state index contributed by atoms with van der Waals surface area (Å²) in [7, 11) is 0. The van der Waals surface area contributed by atoms with Crippen LogP contribution < -0.4 is 5.73 Å². The minimum Gasteiger partial charge on any atom is -0.324 e. The third-order valence-corrected chi connectivity index (χ3v) is 2.78. The minimum absolute atomic E-state index is 0.0319. The average Bonchev–Trinajstić information content (AvgIpc) is 2.34. The molecule has 2 aromatic rings. The number of hydrogen-bond donors (Lipinski definition) is 1. The maximum Gasteiger partial charge on any atom is 0.129 e. The van der Waals surface area contributed by atoms with E-state index in [9.17, 15) is 13.2 Å². The van der Waals surface area contributed by atoms with Gasteiger partial charge >= 0.3 is 0 Å². The first-order chi connectivity index (χ1) is 8.58. The van der Waals surface area contributed by atoms with Crippen LogP contribution in [0.1, 0.15) is 17.2 Å². The standard InChI is InChI=1S/C14H12F3N/c15-10-6-4-9(5-7-10)14(18)8-11-12(16)2-1-3-13(11)17/h1-7,14H,8,18H2. The van der Waals surface area contributed by atoms with Crippen LogP contribution in [0.4, 0.5) is 13.2 Å². The lowest BCUT2D eigenvalue weighted by molar-refractivity contribution is 0.539. The molecule has 0 amide bonds. The third-order valence-electron chi connectivity index (χ3n) is 2.78. The molecule has 1 nitrogen and oxygen atoms in total. The molecule has 1 atom stereocenters. The molecule has 0 fully saturated rings. The van der Waals surface area contributed by atoms with Gasteiger partial charge in [0.2, 0.25) is 0 Å². The fourth-order valence-electron chi connectivity index (χ4n) is 1.78. The Balaban J connectivity index is 2.21. The monoisotopic (exact) mass is 251 g/mol. The summed E-state index contributed by atoms with van der Waals surface area (Å²) >= 11 is 0. The van der Waals surface area contributed by atoms with Gasteiger partial charge in [-0.1, -0.05) is 18.2 Å². The van der Waals surface area contributed by atoms with Crippen molar-refractivity contribution in [2.24, 2.45) is 5.73 Å². The summed E-state index contributed by atoms with van der Waals surface area (Å²) in [6.45, 7) is 0. The largest absolute Gasteiger partial charge is 0.324 e. The zero-order valence-electron chi connectivity index (χ0n) is 9.54. The minimum atomic E-state index is -0.618. The van der Waals surface area contributed by atoms with Crippen LogP contribution in [0.3, 0.4) is 0 Å². The smallest absolute Gasteiger partial charge is 0.129 e. The molecule has 2 aromatic carbocycles. The Morgan fingerprint density at radius 1 is 0.889 bits per heavy atom. The molecule has 1 unspecified atom stereocenters. The predicted octanol–water partition coefficient (Wildman–Crippen LogP) is 3.35. The van der Waals surface area contributed by atoms with E-state index in [4.69, 9.17) is 5.73 Å². The first kappa shape index (κ1) is 12.6. The lowest BCUT2D eigenvalue weighted by atomic mass is 9.99. The van der Waals surface area contributed by atoms with Crippen molar-refractivity contribution >= 4 is 0 Å². The number of hydrogen-bond acceptors (Lipinski definition) is 1. The lowest BCUT2D eigenvalue weighted by Gasteiger charge is -2.13. The van der Waals surface area contributed by atoms with Gasteiger partial charge in [0.1, 0.15) is 17.5 Å². The van der Waals surface area contributed by atoms with E-state index in [0.29, 0.717) is 5.56 Å². The van der Waals surface area contributed by atoms with E-state index in [1.165, 1.54) is 42.5 Å². The quantitative estimate of drug-likeness (QED) is 0.889. The average molecular weight is 251 g/mol. The van der Waals surface area contributed by atoms with E-state index in [2.05, 4.69) is 0 Å². The molecule has 4 heteroatoms. The van der Waals surface area contributed by atoms with Crippen molar-refractivity contribution in [3.05, 3.63) is 71.0 Å². The summed E-state index contributed by atoms with van der Waals surface area (Å²) < 4.78 is 39.6. The maximum atomic E-state index is 13.4. The molecular formula is C14H12F3N. The molecule has 0 heterocycles. The van der Waals surface area contributed by atoms with Gasteiger partial charge in [-0.05, 0) is 36.2 Å². The molecule has 2 rings (SSSR count). The van der Waals surface area contributed by atoms with Crippen LogP contribution in [-0.2, 0) is 6.42 Å². The second-order valence-corrected chi connectivity index (χ2v) is 4.06. The molecule has 0 spiro atoms. The van der Waals surface area contributed by atoms with Crippen molar-refractivity contribution in [2.45, 2.75) is 12.5 Å². The van der Waals surface area contributed by atoms with E-state index in [0.717, 1.165) is 0 Å². The van der Waals surface area contributed by atoms with Crippen molar-refractivity contribution in [2.75, 3.05) is 0 Å². The van der Waals surface area contributed by atoms with Crippen molar-refractivity contribution in [3.8, 4) is 0 Å². The van der Waals surface area contributed by atoms with Crippen LogP contribution in [0.15, 0.2) is 42.5 Å². The second kappa shape index (κ2) is 5.23. The van der Waals surface area contributed by atoms with Gasteiger partial charge in [-0.25, -0.2) is 13.2 Å². The Hall–Kier alpha value is -1.81. The highest BCUT2D eigenvalue weighted by Gasteiger charge is 2.14. The third kappa shape index (κ3) is 2.71. The predicted molar refractivity (Wildman–Crippen MR) is 63.4 cm³/mol. The van der Waals surface area contributed by atoms with Gasteiger partial charge in [0.25, 0.3) is 0 Å². The molecule has 94 valence electrons. The SMILES string of the molecule is NC(Cc1c(F)cccc1F)c1ccc(F)cc1. The fraction of sp³-hybridized carbons (Fsp3) is 0.143. The number of rotatable bonds is 3. The summed E-state index contributed by atoms with van der Waals surface area (Å²) in [5.41, 5.74) is 6.45. The Kier molecular flexibility index (Phi) is 3.67. The van der Waals surface area contributed by atoms with Gasteiger partial charge in [0, 0.05) is 11.6 Å². The van der Waals surface area contributed by atoms with Gasteiger partial charge < -0.3 is 5.73 Å². The molecule has 0 aliphatic rings. The van der Waals surface area contributed by atoms with Crippen LogP contribution in [0.25, 0.3) is 0 Å². The van der Waals surface area contributed by atoms with Gasteiger partial charge in [-0.15, -0.1) is 0 Å². The molecule has 0 aliphatic heterocycles. The van der Waals surface area contributed by atoms with E-state index in [1.54, 1.807) is 0 Å². The Labute approximate surface area is 103 Å². The zero-order chi connectivity index (χ0) is 13.1. The summed E-state index contributed by atoms with van der Waals surface area (Å²) in [6, 6.07) is 8.68. The van der Waals surface area contributed by atoms with Crippen LogP contribution in [0.5, 0.6) is 0 Å². The van der Waals surface area contributed by atoms with E-state index < -0.39 is 17.7 Å². The topological polar surface area (TPSA) is 26.0 Å². The molecular weight excluding hydrogens is 239 g/mol. The van der Waals surface area contributed by atoms with Gasteiger partial charge in [0.15, 0.2) is 0 Å². The normalized spacial score (nSPS) is 12.4. The lowest BCUT2D eigenvalue weighted by Crippen LogP contribution is -2.15. The zero-order valence-corrected chi connectivity index (χ0v) is 9.54. The highest BCUT2D eigenvalue weighted by molar-refractivity contribution is 5.25. The first-order valence-electron chi connectivity index (χ1n) is 5.52. The molecule has 0 saturated heterocycles. The molecule has 0 radical (unpaired) electrons. The van der Waals surface area contributed by atoms with Crippen LogP contribution in [-0.4, -0.2) is 0 Å². The van der Waals surface area contributed by atoms with E-state index >= 15 is 0 Å². The highest BCUT2D eigenvalue weighted by Crippen LogP contribution is 2.20. The Morgan fingerprint density at radius 2 is 1.44 bits per heavy atom. The van der Waals surface area contributed by atoms with Crippen molar-refractivity contribution in [1.82, 2.24) is 0 Å². The summed E-state index contributed by atoms with van der Waals surface area (Å²) in [6.07, 6.45) is 0.0319. The summed E-state index contributed by atoms with van der Waals surface area (Å²) in [4.78, 5) is 0. The van der Waals surface area contributed by atoms with Crippen molar-refractivity contribution in [3.63, 3.8) is 0 Å². The molecule has 0 aliphatic carbocycles. The van der Waals surface area contributed by atoms with Crippen LogP contribution in [0, 0.1) is 17.5 Å². The fourth-order valence-corrected chi connectivity index (χ4v) is 1.78. The number of benzene rings is 2. The van der Waals surface area contributed by atoms with Gasteiger partial charge in [-0.3, -0.25) is 0 Å². The van der Waals surface area contributed by atoms with Gasteiger partial charge in [-0.2, -0.15) is 0 Å². The number of nitrogens with two attached hydrogens (primary N) is 1. The molecule has 0 bridgehead atoms. The van der Waals surface area contributed by atoms with Crippen molar-refractivity contribution < 1.29 is 13.2 Å².